The molecule has 0 bridgehead atoms. The predicted molar refractivity (Wildman–Crippen MR) is 83.5 cm³/mol. The van der Waals surface area contributed by atoms with Crippen molar-refractivity contribution in [3.8, 4) is 0 Å². The van der Waals surface area contributed by atoms with Crippen molar-refractivity contribution < 1.29 is 0 Å². The zero-order valence-corrected chi connectivity index (χ0v) is 12.8. The Kier molecular flexibility index (Phi) is 5.45. The highest BCUT2D eigenvalue weighted by Crippen LogP contribution is 2.33. The number of hydrogen-bond acceptors (Lipinski definition) is 1. The number of nitrogens with one attached hydrogen (secondary N) is 1. The molecule has 1 aliphatic carbocycles. The standard InChI is InChI=1S/C18H29N/c1-4-15-10-11-18(19-5-2)17(12-15)13-16-9-7-6-8-14(16)3/h6-9,15,17-19H,4-5,10-13H2,1-3H3. The SMILES string of the molecule is CCNC1CCC(CC)CC1Cc1ccccc1C. The van der Waals surface area contributed by atoms with Gasteiger partial charge >= 0.3 is 0 Å². The number of hydrogen-bond donors (Lipinski definition) is 1. The average Bonchev–Trinajstić information content (AvgIpc) is 2.43. The molecule has 1 nitrogen and oxygen atoms in total. The first-order valence-corrected chi connectivity index (χ1v) is 8.02. The van der Waals surface area contributed by atoms with Gasteiger partial charge < -0.3 is 5.32 Å². The maximum atomic E-state index is 3.72. The summed E-state index contributed by atoms with van der Waals surface area (Å²) in [5.74, 6) is 1.77. The van der Waals surface area contributed by atoms with Gasteiger partial charge in [0.1, 0.15) is 0 Å². The summed E-state index contributed by atoms with van der Waals surface area (Å²) < 4.78 is 0. The number of rotatable bonds is 5. The number of benzene rings is 1. The molecule has 19 heavy (non-hydrogen) atoms. The van der Waals surface area contributed by atoms with E-state index in [2.05, 4.69) is 50.4 Å². The van der Waals surface area contributed by atoms with Crippen molar-refractivity contribution in [3.63, 3.8) is 0 Å². The van der Waals surface area contributed by atoms with Crippen LogP contribution in [0.25, 0.3) is 0 Å². The summed E-state index contributed by atoms with van der Waals surface area (Å²) in [5, 5.41) is 3.72. The summed E-state index contributed by atoms with van der Waals surface area (Å²) in [5.41, 5.74) is 3.00. The zero-order chi connectivity index (χ0) is 13.7. The van der Waals surface area contributed by atoms with E-state index in [4.69, 9.17) is 0 Å². The smallest absolute Gasteiger partial charge is 0.00985 e. The normalized spacial score (nSPS) is 27.4. The molecular weight excluding hydrogens is 230 g/mol. The van der Waals surface area contributed by atoms with Crippen molar-refractivity contribution in [3.05, 3.63) is 35.4 Å². The third-order valence-electron chi connectivity index (χ3n) is 4.88. The van der Waals surface area contributed by atoms with Crippen molar-refractivity contribution in [2.75, 3.05) is 6.54 Å². The van der Waals surface area contributed by atoms with Gasteiger partial charge in [0.15, 0.2) is 0 Å². The molecule has 3 atom stereocenters. The molecule has 1 saturated carbocycles. The Morgan fingerprint density at radius 2 is 1.95 bits per heavy atom. The maximum Gasteiger partial charge on any atom is 0.00985 e. The van der Waals surface area contributed by atoms with E-state index in [1.165, 1.54) is 37.7 Å². The lowest BCUT2D eigenvalue weighted by atomic mass is 9.74. The van der Waals surface area contributed by atoms with Crippen molar-refractivity contribution in [2.45, 2.75) is 58.9 Å². The van der Waals surface area contributed by atoms with E-state index in [-0.39, 0.29) is 0 Å². The molecule has 2 rings (SSSR count). The molecule has 1 N–H and O–H groups in total. The second-order valence-electron chi connectivity index (χ2n) is 6.14. The van der Waals surface area contributed by atoms with E-state index in [1.54, 1.807) is 5.56 Å². The van der Waals surface area contributed by atoms with E-state index < -0.39 is 0 Å². The van der Waals surface area contributed by atoms with Gasteiger partial charge in [0.2, 0.25) is 0 Å². The van der Waals surface area contributed by atoms with Crippen LogP contribution in [0.5, 0.6) is 0 Å². The lowest BCUT2D eigenvalue weighted by molar-refractivity contribution is 0.200. The minimum atomic E-state index is 0.729. The molecule has 0 saturated heterocycles. The van der Waals surface area contributed by atoms with E-state index in [9.17, 15) is 0 Å². The Morgan fingerprint density at radius 3 is 2.63 bits per heavy atom. The molecule has 0 amide bonds. The third kappa shape index (κ3) is 3.82. The monoisotopic (exact) mass is 259 g/mol. The highest BCUT2D eigenvalue weighted by Gasteiger charge is 2.29. The van der Waals surface area contributed by atoms with E-state index in [0.717, 1.165) is 24.4 Å². The Labute approximate surface area is 118 Å². The van der Waals surface area contributed by atoms with Gasteiger partial charge in [-0.05, 0) is 62.1 Å². The van der Waals surface area contributed by atoms with Crippen LogP contribution in [0.4, 0.5) is 0 Å². The Morgan fingerprint density at radius 1 is 1.16 bits per heavy atom. The topological polar surface area (TPSA) is 12.0 Å². The van der Waals surface area contributed by atoms with Crippen molar-refractivity contribution in [1.82, 2.24) is 5.32 Å². The van der Waals surface area contributed by atoms with Crippen LogP contribution in [0.1, 0.15) is 50.7 Å². The zero-order valence-electron chi connectivity index (χ0n) is 12.8. The van der Waals surface area contributed by atoms with E-state index in [1.807, 2.05) is 0 Å². The summed E-state index contributed by atoms with van der Waals surface area (Å²) in [7, 11) is 0. The Balaban J connectivity index is 2.07. The van der Waals surface area contributed by atoms with Gasteiger partial charge in [-0.2, -0.15) is 0 Å². The first kappa shape index (κ1) is 14.6. The van der Waals surface area contributed by atoms with Gasteiger partial charge in [-0.3, -0.25) is 0 Å². The van der Waals surface area contributed by atoms with E-state index in [0.29, 0.717) is 0 Å². The largest absolute Gasteiger partial charge is 0.314 e. The molecule has 0 spiro atoms. The van der Waals surface area contributed by atoms with Crippen molar-refractivity contribution >= 4 is 0 Å². The molecule has 1 heteroatoms. The summed E-state index contributed by atoms with van der Waals surface area (Å²) in [6, 6.07) is 9.62. The molecule has 0 aromatic heterocycles. The van der Waals surface area contributed by atoms with Crippen LogP contribution < -0.4 is 5.32 Å². The Bertz CT molecular complexity index is 385. The molecule has 0 aliphatic heterocycles. The van der Waals surface area contributed by atoms with Crippen LogP contribution in [0.3, 0.4) is 0 Å². The summed E-state index contributed by atoms with van der Waals surface area (Å²) in [6.07, 6.45) is 6.79. The summed E-state index contributed by atoms with van der Waals surface area (Å²) in [4.78, 5) is 0. The Hall–Kier alpha value is -0.820. The fourth-order valence-corrected chi connectivity index (χ4v) is 3.61. The molecular formula is C18H29N. The highest BCUT2D eigenvalue weighted by molar-refractivity contribution is 5.26. The maximum absolute atomic E-state index is 3.72. The molecule has 106 valence electrons. The van der Waals surface area contributed by atoms with Gasteiger partial charge in [-0.15, -0.1) is 0 Å². The van der Waals surface area contributed by atoms with Crippen molar-refractivity contribution in [2.24, 2.45) is 11.8 Å². The molecule has 1 aliphatic rings. The second kappa shape index (κ2) is 7.09. The van der Waals surface area contributed by atoms with Crippen LogP contribution in [-0.2, 0) is 6.42 Å². The molecule has 1 aromatic carbocycles. The van der Waals surface area contributed by atoms with E-state index >= 15 is 0 Å². The van der Waals surface area contributed by atoms with Crippen LogP contribution in [0.15, 0.2) is 24.3 Å². The summed E-state index contributed by atoms with van der Waals surface area (Å²) >= 11 is 0. The van der Waals surface area contributed by atoms with Gasteiger partial charge in [-0.25, -0.2) is 0 Å². The van der Waals surface area contributed by atoms with Gasteiger partial charge in [-0.1, -0.05) is 44.5 Å². The lowest BCUT2D eigenvalue weighted by Gasteiger charge is -2.37. The summed E-state index contributed by atoms with van der Waals surface area (Å²) in [6.45, 7) is 7.93. The lowest BCUT2D eigenvalue weighted by Crippen LogP contribution is -2.41. The van der Waals surface area contributed by atoms with Crippen LogP contribution in [-0.4, -0.2) is 12.6 Å². The van der Waals surface area contributed by atoms with Gasteiger partial charge in [0.05, 0.1) is 0 Å². The second-order valence-corrected chi connectivity index (χ2v) is 6.14. The minimum absolute atomic E-state index is 0.729. The predicted octanol–water partition coefficient (Wildman–Crippen LogP) is 4.34. The minimum Gasteiger partial charge on any atom is -0.314 e. The molecule has 0 radical (unpaired) electrons. The number of aryl methyl sites for hydroxylation is 1. The fourth-order valence-electron chi connectivity index (χ4n) is 3.61. The molecule has 0 heterocycles. The molecule has 1 aromatic rings. The first-order chi connectivity index (χ1) is 9.24. The van der Waals surface area contributed by atoms with Crippen LogP contribution >= 0.6 is 0 Å². The van der Waals surface area contributed by atoms with Gasteiger partial charge in [0, 0.05) is 6.04 Å². The van der Waals surface area contributed by atoms with Crippen molar-refractivity contribution in [1.29, 1.82) is 0 Å². The van der Waals surface area contributed by atoms with Gasteiger partial charge in [0.25, 0.3) is 0 Å². The fraction of sp³-hybridized carbons (Fsp3) is 0.667. The first-order valence-electron chi connectivity index (χ1n) is 8.02. The molecule has 1 fully saturated rings. The third-order valence-corrected chi connectivity index (χ3v) is 4.88. The van der Waals surface area contributed by atoms with Crippen LogP contribution in [0, 0.1) is 18.8 Å². The average molecular weight is 259 g/mol. The highest BCUT2D eigenvalue weighted by atomic mass is 14.9. The quantitative estimate of drug-likeness (QED) is 0.829. The molecule has 3 unspecified atom stereocenters. The van der Waals surface area contributed by atoms with Crippen LogP contribution in [0.2, 0.25) is 0 Å².